The van der Waals surface area contributed by atoms with E-state index < -0.39 is 0 Å². The zero-order valence-corrected chi connectivity index (χ0v) is 14.1. The van der Waals surface area contributed by atoms with Crippen LogP contribution in [0, 0.1) is 12.8 Å². The van der Waals surface area contributed by atoms with Crippen molar-refractivity contribution in [2.75, 3.05) is 26.2 Å². The number of aryl methyl sites for hydroxylation is 1. The summed E-state index contributed by atoms with van der Waals surface area (Å²) in [5, 5.41) is 0. The molecule has 3 aliphatic rings. The summed E-state index contributed by atoms with van der Waals surface area (Å²) in [5.41, 5.74) is 0.588. The Morgan fingerprint density at radius 3 is 2.62 bits per heavy atom. The molecule has 3 heterocycles. The van der Waals surface area contributed by atoms with Crippen LogP contribution in [-0.4, -0.2) is 41.5 Å². The third-order valence-corrected chi connectivity index (χ3v) is 6.86. The van der Waals surface area contributed by atoms with Crippen molar-refractivity contribution in [3.05, 3.63) is 21.9 Å². The molecule has 0 atom stereocenters. The van der Waals surface area contributed by atoms with Gasteiger partial charge in [-0.3, -0.25) is 9.80 Å². The first-order valence-electron chi connectivity index (χ1n) is 8.76. The average molecular weight is 305 g/mol. The van der Waals surface area contributed by atoms with Crippen molar-refractivity contribution >= 4 is 11.3 Å². The molecule has 1 aliphatic carbocycles. The Morgan fingerprint density at radius 1 is 1.14 bits per heavy atom. The zero-order chi connectivity index (χ0) is 14.3. The minimum atomic E-state index is 0.588. The van der Waals surface area contributed by atoms with Gasteiger partial charge in [-0.1, -0.05) is 0 Å². The Hall–Kier alpha value is -0.380. The van der Waals surface area contributed by atoms with Crippen molar-refractivity contribution in [2.24, 2.45) is 5.92 Å². The fraction of sp³-hybridized carbons (Fsp3) is 0.778. The predicted molar refractivity (Wildman–Crippen MR) is 89.8 cm³/mol. The summed E-state index contributed by atoms with van der Waals surface area (Å²) < 4.78 is 0. The largest absolute Gasteiger partial charge is 0.298 e. The van der Waals surface area contributed by atoms with Crippen molar-refractivity contribution in [1.82, 2.24) is 9.80 Å². The Bertz CT molecular complexity index is 483. The van der Waals surface area contributed by atoms with Crippen LogP contribution >= 0.6 is 11.3 Å². The number of thiophene rings is 1. The molecule has 0 bridgehead atoms. The van der Waals surface area contributed by atoms with Crippen LogP contribution in [0.4, 0.5) is 0 Å². The lowest BCUT2D eigenvalue weighted by molar-refractivity contribution is 0.0475. The van der Waals surface area contributed by atoms with Gasteiger partial charge in [0.15, 0.2) is 0 Å². The Labute approximate surface area is 133 Å². The van der Waals surface area contributed by atoms with Gasteiger partial charge < -0.3 is 0 Å². The van der Waals surface area contributed by atoms with Gasteiger partial charge in [-0.05, 0) is 70.0 Å². The number of piperidine rings is 1. The van der Waals surface area contributed by atoms with E-state index in [1.807, 2.05) is 11.3 Å². The molecular formula is C18H28N2S. The molecule has 0 aromatic carbocycles. The first kappa shape index (κ1) is 14.2. The van der Waals surface area contributed by atoms with Gasteiger partial charge in [-0.2, -0.15) is 0 Å². The number of rotatable bonds is 4. The molecule has 3 heteroatoms. The van der Waals surface area contributed by atoms with E-state index in [1.165, 1.54) is 76.1 Å². The molecular weight excluding hydrogens is 276 g/mol. The van der Waals surface area contributed by atoms with E-state index in [9.17, 15) is 0 Å². The summed E-state index contributed by atoms with van der Waals surface area (Å²) in [6.45, 7) is 8.78. The molecule has 1 aromatic heterocycles. The molecule has 4 rings (SSSR count). The third-order valence-electron chi connectivity index (χ3n) is 5.88. The first-order valence-corrected chi connectivity index (χ1v) is 9.58. The highest BCUT2D eigenvalue weighted by molar-refractivity contribution is 7.11. The van der Waals surface area contributed by atoms with E-state index in [0.717, 1.165) is 5.92 Å². The van der Waals surface area contributed by atoms with Gasteiger partial charge in [0.05, 0.1) is 0 Å². The lowest BCUT2D eigenvalue weighted by Crippen LogP contribution is -2.52. The van der Waals surface area contributed by atoms with E-state index in [-0.39, 0.29) is 0 Å². The van der Waals surface area contributed by atoms with Crippen LogP contribution in [0.2, 0.25) is 0 Å². The lowest BCUT2D eigenvalue weighted by atomic mass is 9.84. The zero-order valence-electron chi connectivity index (χ0n) is 13.3. The van der Waals surface area contributed by atoms with Crippen LogP contribution in [0.15, 0.2) is 12.1 Å². The number of likely N-dealkylation sites (tertiary alicyclic amines) is 2. The third kappa shape index (κ3) is 3.06. The molecule has 0 radical (unpaired) electrons. The molecule has 2 aliphatic heterocycles. The highest BCUT2D eigenvalue weighted by atomic mass is 32.1. The van der Waals surface area contributed by atoms with Gasteiger partial charge in [0.25, 0.3) is 0 Å². The SMILES string of the molecule is Cc1ccc(CN2CCC3(CCCN3CC3CC3)CC2)s1. The maximum atomic E-state index is 2.89. The second-order valence-corrected chi connectivity index (χ2v) is 8.88. The standard InChI is InChI=1S/C18H28N2S/c1-15-3-6-17(21-15)14-19-11-8-18(9-12-19)7-2-10-20(18)13-16-4-5-16/h3,6,16H,2,4-5,7-14H2,1H3. The van der Waals surface area contributed by atoms with Crippen LogP contribution in [0.3, 0.4) is 0 Å². The summed E-state index contributed by atoms with van der Waals surface area (Å²) in [7, 11) is 0. The average Bonchev–Trinajstić information content (AvgIpc) is 3.09. The maximum Gasteiger partial charge on any atom is 0.0328 e. The molecule has 2 nitrogen and oxygen atoms in total. The van der Waals surface area contributed by atoms with Gasteiger partial charge in [0.2, 0.25) is 0 Å². The van der Waals surface area contributed by atoms with Crippen molar-refractivity contribution in [3.8, 4) is 0 Å². The first-order chi connectivity index (χ1) is 10.2. The highest BCUT2D eigenvalue weighted by Crippen LogP contribution is 2.42. The molecule has 1 saturated carbocycles. The highest BCUT2D eigenvalue weighted by Gasteiger charge is 2.44. The predicted octanol–water partition coefficient (Wildman–Crippen LogP) is 3.90. The van der Waals surface area contributed by atoms with Crippen LogP contribution in [0.25, 0.3) is 0 Å². The van der Waals surface area contributed by atoms with Crippen molar-refractivity contribution < 1.29 is 0 Å². The van der Waals surface area contributed by atoms with Crippen LogP contribution in [0.5, 0.6) is 0 Å². The number of hydrogen-bond donors (Lipinski definition) is 0. The van der Waals surface area contributed by atoms with Crippen molar-refractivity contribution in [3.63, 3.8) is 0 Å². The fourth-order valence-corrected chi connectivity index (χ4v) is 5.31. The van der Waals surface area contributed by atoms with Crippen molar-refractivity contribution in [1.29, 1.82) is 0 Å². The summed E-state index contributed by atoms with van der Waals surface area (Å²) >= 11 is 1.97. The molecule has 3 fully saturated rings. The van der Waals surface area contributed by atoms with Gasteiger partial charge in [0.1, 0.15) is 0 Å². The summed E-state index contributed by atoms with van der Waals surface area (Å²) in [5.74, 6) is 1.05. The van der Waals surface area contributed by atoms with Crippen molar-refractivity contribution in [2.45, 2.75) is 57.5 Å². The lowest BCUT2D eigenvalue weighted by Gasteiger charge is -2.45. The van der Waals surface area contributed by atoms with E-state index in [2.05, 4.69) is 28.9 Å². The molecule has 21 heavy (non-hydrogen) atoms. The van der Waals surface area contributed by atoms with E-state index >= 15 is 0 Å². The van der Waals surface area contributed by atoms with E-state index in [1.54, 1.807) is 4.88 Å². The molecule has 2 saturated heterocycles. The van der Waals surface area contributed by atoms with Gasteiger partial charge in [-0.15, -0.1) is 11.3 Å². The summed E-state index contributed by atoms with van der Waals surface area (Å²) in [6, 6.07) is 4.58. The molecule has 116 valence electrons. The fourth-order valence-electron chi connectivity index (χ4n) is 4.38. The van der Waals surface area contributed by atoms with E-state index in [4.69, 9.17) is 0 Å². The van der Waals surface area contributed by atoms with Gasteiger partial charge >= 0.3 is 0 Å². The van der Waals surface area contributed by atoms with E-state index in [0.29, 0.717) is 5.54 Å². The van der Waals surface area contributed by atoms with Gasteiger partial charge in [-0.25, -0.2) is 0 Å². The minimum Gasteiger partial charge on any atom is -0.298 e. The Balaban J connectivity index is 1.34. The number of hydrogen-bond acceptors (Lipinski definition) is 3. The topological polar surface area (TPSA) is 6.48 Å². The molecule has 0 unspecified atom stereocenters. The minimum absolute atomic E-state index is 0.588. The molecule has 0 N–H and O–H groups in total. The smallest absolute Gasteiger partial charge is 0.0328 e. The monoisotopic (exact) mass is 304 g/mol. The number of nitrogens with zero attached hydrogens (tertiary/aromatic N) is 2. The Kier molecular flexibility index (Phi) is 3.85. The second-order valence-electron chi connectivity index (χ2n) is 7.51. The second kappa shape index (κ2) is 5.68. The molecule has 1 spiro atoms. The van der Waals surface area contributed by atoms with Crippen LogP contribution in [-0.2, 0) is 6.54 Å². The normalized spacial score (nSPS) is 26.7. The van der Waals surface area contributed by atoms with Crippen LogP contribution in [0.1, 0.15) is 48.3 Å². The summed E-state index contributed by atoms with van der Waals surface area (Å²) in [4.78, 5) is 8.57. The quantitative estimate of drug-likeness (QED) is 0.832. The van der Waals surface area contributed by atoms with Gasteiger partial charge in [0, 0.05) is 41.5 Å². The Morgan fingerprint density at radius 2 is 1.95 bits per heavy atom. The van der Waals surface area contributed by atoms with Crippen LogP contribution < -0.4 is 0 Å². The maximum absolute atomic E-state index is 2.89. The molecule has 1 aromatic rings. The molecule has 0 amide bonds. The summed E-state index contributed by atoms with van der Waals surface area (Å²) in [6.07, 6.45) is 8.71.